The molecule has 1 fully saturated rings. The summed E-state index contributed by atoms with van der Waals surface area (Å²) in [5.41, 5.74) is 5.29. The number of aliphatic hydroxyl groups excluding tert-OH is 2. The Hall–Kier alpha value is -2.01. The SMILES string of the molecule is Nc1nc2c(ncn2[C@H]2C[C@H](O)[C@@H](C(O)O)O2)c(=O)[nH]1. The van der Waals surface area contributed by atoms with Crippen LogP contribution in [0.2, 0.25) is 0 Å². The summed E-state index contributed by atoms with van der Waals surface area (Å²) < 4.78 is 6.77. The summed E-state index contributed by atoms with van der Waals surface area (Å²) in [6.45, 7) is 0. The zero-order valence-corrected chi connectivity index (χ0v) is 10.2. The minimum atomic E-state index is -1.80. The summed E-state index contributed by atoms with van der Waals surface area (Å²) in [5, 5.41) is 27.9. The quantitative estimate of drug-likeness (QED) is 0.383. The second-order valence-corrected chi connectivity index (χ2v) is 4.55. The predicted octanol–water partition coefficient (Wildman–Crippen LogP) is -2.34. The summed E-state index contributed by atoms with van der Waals surface area (Å²) in [7, 11) is 0. The van der Waals surface area contributed by atoms with Crippen molar-refractivity contribution in [2.24, 2.45) is 0 Å². The van der Waals surface area contributed by atoms with Gasteiger partial charge in [0.1, 0.15) is 12.3 Å². The zero-order chi connectivity index (χ0) is 14.4. The summed E-state index contributed by atoms with van der Waals surface area (Å²) in [4.78, 5) is 21.8. The van der Waals surface area contributed by atoms with E-state index in [1.165, 1.54) is 10.9 Å². The van der Waals surface area contributed by atoms with Gasteiger partial charge in [-0.1, -0.05) is 0 Å². The molecule has 2 aromatic heterocycles. The van der Waals surface area contributed by atoms with Gasteiger partial charge in [0, 0.05) is 6.42 Å². The lowest BCUT2D eigenvalue weighted by Crippen LogP contribution is -2.34. The normalized spacial score (nSPS) is 26.7. The minimum Gasteiger partial charge on any atom is -0.390 e. The number of rotatable bonds is 2. The molecule has 0 spiro atoms. The van der Waals surface area contributed by atoms with Crippen LogP contribution in [0.15, 0.2) is 11.1 Å². The van der Waals surface area contributed by atoms with E-state index in [1.54, 1.807) is 0 Å². The molecule has 0 unspecified atom stereocenters. The summed E-state index contributed by atoms with van der Waals surface area (Å²) in [6, 6.07) is 0. The first-order valence-corrected chi connectivity index (χ1v) is 5.89. The number of H-pyrrole nitrogens is 1. The van der Waals surface area contributed by atoms with E-state index in [2.05, 4.69) is 15.0 Å². The molecule has 3 rings (SSSR count). The predicted molar refractivity (Wildman–Crippen MR) is 65.3 cm³/mol. The van der Waals surface area contributed by atoms with Crippen molar-refractivity contribution in [1.29, 1.82) is 0 Å². The van der Waals surface area contributed by atoms with Crippen LogP contribution >= 0.6 is 0 Å². The Balaban J connectivity index is 2.02. The number of aromatic nitrogens is 4. The van der Waals surface area contributed by atoms with Crippen molar-refractivity contribution in [2.75, 3.05) is 5.73 Å². The van der Waals surface area contributed by atoms with E-state index in [9.17, 15) is 9.90 Å². The van der Waals surface area contributed by atoms with E-state index in [4.69, 9.17) is 20.7 Å². The molecular formula is C10H13N5O5. The Morgan fingerprint density at radius 1 is 1.55 bits per heavy atom. The first-order valence-electron chi connectivity index (χ1n) is 5.89. The van der Waals surface area contributed by atoms with Crippen LogP contribution in [0.3, 0.4) is 0 Å². The molecule has 0 amide bonds. The number of hydrogen-bond donors (Lipinski definition) is 5. The third-order valence-corrected chi connectivity index (χ3v) is 3.19. The first-order chi connectivity index (χ1) is 9.47. The van der Waals surface area contributed by atoms with Gasteiger partial charge in [-0.15, -0.1) is 0 Å². The van der Waals surface area contributed by atoms with Crippen molar-refractivity contribution in [1.82, 2.24) is 19.5 Å². The van der Waals surface area contributed by atoms with Crippen LogP contribution in [-0.2, 0) is 4.74 Å². The molecule has 10 heteroatoms. The van der Waals surface area contributed by atoms with Crippen molar-refractivity contribution in [2.45, 2.75) is 31.1 Å². The average Bonchev–Trinajstić information content (AvgIpc) is 2.92. The number of nitrogen functional groups attached to an aromatic ring is 1. The van der Waals surface area contributed by atoms with Crippen molar-refractivity contribution < 1.29 is 20.1 Å². The van der Waals surface area contributed by atoms with Crippen molar-refractivity contribution >= 4 is 17.1 Å². The van der Waals surface area contributed by atoms with Crippen LogP contribution in [0.4, 0.5) is 5.95 Å². The van der Waals surface area contributed by atoms with Gasteiger partial charge in [0.2, 0.25) is 5.95 Å². The molecule has 1 aliphatic heterocycles. The standard InChI is InChI=1S/C10H13N5O5/c11-10-13-7-5(8(17)14-10)12-2-15(7)4-1-3(16)6(20-4)9(18)19/h2-4,6,9,16,18-19H,1H2,(H3,11,13,14,17)/t3-,4+,6-/m0/s1. The smallest absolute Gasteiger partial charge is 0.280 e. The van der Waals surface area contributed by atoms with E-state index in [0.29, 0.717) is 0 Å². The maximum Gasteiger partial charge on any atom is 0.280 e. The number of hydrogen-bond acceptors (Lipinski definition) is 8. The highest BCUT2D eigenvalue weighted by Gasteiger charge is 2.39. The number of fused-ring (bicyclic) bond motifs is 1. The molecule has 0 saturated carbocycles. The molecule has 0 aromatic carbocycles. The Kier molecular flexibility index (Phi) is 2.94. The fraction of sp³-hybridized carbons (Fsp3) is 0.500. The number of aromatic amines is 1. The number of nitrogens with zero attached hydrogens (tertiary/aromatic N) is 3. The van der Waals surface area contributed by atoms with Gasteiger partial charge in [0.25, 0.3) is 5.56 Å². The molecule has 0 aliphatic carbocycles. The molecule has 3 heterocycles. The molecule has 1 aliphatic rings. The molecular weight excluding hydrogens is 270 g/mol. The number of imidazole rings is 1. The van der Waals surface area contributed by atoms with Gasteiger partial charge in [-0.3, -0.25) is 14.3 Å². The lowest BCUT2D eigenvalue weighted by atomic mass is 10.2. The first kappa shape index (κ1) is 13.0. The highest BCUT2D eigenvalue weighted by atomic mass is 16.6. The molecule has 10 nitrogen and oxygen atoms in total. The Bertz CT molecular complexity index is 695. The van der Waals surface area contributed by atoms with E-state index in [1.807, 2.05) is 0 Å². The van der Waals surface area contributed by atoms with Gasteiger partial charge in [-0.2, -0.15) is 4.98 Å². The van der Waals surface area contributed by atoms with E-state index < -0.39 is 30.3 Å². The Labute approximate surface area is 111 Å². The third-order valence-electron chi connectivity index (χ3n) is 3.19. The maximum atomic E-state index is 11.6. The second-order valence-electron chi connectivity index (χ2n) is 4.55. The minimum absolute atomic E-state index is 0.0680. The van der Waals surface area contributed by atoms with Crippen LogP contribution in [0, 0.1) is 0 Å². The molecule has 108 valence electrons. The Morgan fingerprint density at radius 3 is 2.95 bits per heavy atom. The van der Waals surface area contributed by atoms with E-state index >= 15 is 0 Å². The number of ether oxygens (including phenoxy) is 1. The van der Waals surface area contributed by atoms with Crippen LogP contribution < -0.4 is 11.3 Å². The molecule has 2 aromatic rings. The average molecular weight is 283 g/mol. The second kappa shape index (κ2) is 4.52. The maximum absolute atomic E-state index is 11.6. The Morgan fingerprint density at radius 2 is 2.30 bits per heavy atom. The zero-order valence-electron chi connectivity index (χ0n) is 10.2. The number of aliphatic hydroxyl groups is 3. The van der Waals surface area contributed by atoms with Crippen molar-refractivity contribution in [3.8, 4) is 0 Å². The van der Waals surface area contributed by atoms with Gasteiger partial charge in [-0.25, -0.2) is 4.98 Å². The lowest BCUT2D eigenvalue weighted by molar-refractivity contribution is -0.167. The fourth-order valence-corrected chi connectivity index (χ4v) is 2.27. The van der Waals surface area contributed by atoms with Gasteiger partial charge in [-0.05, 0) is 0 Å². The van der Waals surface area contributed by atoms with Gasteiger partial charge < -0.3 is 25.8 Å². The molecule has 20 heavy (non-hydrogen) atoms. The lowest BCUT2D eigenvalue weighted by Gasteiger charge is -2.16. The summed E-state index contributed by atoms with van der Waals surface area (Å²) in [6.07, 6.45) is -3.24. The van der Waals surface area contributed by atoms with Crippen LogP contribution in [-0.4, -0.2) is 53.3 Å². The van der Waals surface area contributed by atoms with E-state index in [-0.39, 0.29) is 23.5 Å². The number of anilines is 1. The van der Waals surface area contributed by atoms with Gasteiger partial charge >= 0.3 is 0 Å². The molecule has 6 N–H and O–H groups in total. The topological polar surface area (TPSA) is 160 Å². The highest BCUT2D eigenvalue weighted by molar-refractivity contribution is 5.70. The molecule has 1 saturated heterocycles. The van der Waals surface area contributed by atoms with Crippen molar-refractivity contribution in [3.63, 3.8) is 0 Å². The molecule has 0 bridgehead atoms. The fourth-order valence-electron chi connectivity index (χ4n) is 2.27. The van der Waals surface area contributed by atoms with Gasteiger partial charge in [0.05, 0.1) is 12.4 Å². The molecule has 0 radical (unpaired) electrons. The van der Waals surface area contributed by atoms with Crippen LogP contribution in [0.5, 0.6) is 0 Å². The largest absolute Gasteiger partial charge is 0.390 e. The van der Waals surface area contributed by atoms with Crippen molar-refractivity contribution in [3.05, 3.63) is 16.7 Å². The third kappa shape index (κ3) is 1.94. The van der Waals surface area contributed by atoms with E-state index in [0.717, 1.165) is 0 Å². The summed E-state index contributed by atoms with van der Waals surface area (Å²) >= 11 is 0. The van der Waals surface area contributed by atoms with Gasteiger partial charge in [0.15, 0.2) is 17.5 Å². The number of nitrogens with one attached hydrogen (secondary N) is 1. The monoisotopic (exact) mass is 283 g/mol. The summed E-state index contributed by atoms with van der Waals surface area (Å²) in [5.74, 6) is -0.0680. The van der Waals surface area contributed by atoms with Crippen LogP contribution in [0.1, 0.15) is 12.6 Å². The van der Waals surface area contributed by atoms with Crippen LogP contribution in [0.25, 0.3) is 11.2 Å². The highest BCUT2D eigenvalue weighted by Crippen LogP contribution is 2.31. The number of nitrogens with two attached hydrogens (primary N) is 1. The molecule has 3 atom stereocenters.